The SMILES string of the molecule is CC(C)(C)C(=O)[C@@]1(C)CCN1C(C)(C)C.CC(C)C(=O)[C@@]1(C)CCCN1C(C)C.CC(C)NC(C)(C)C(=O)C(C)(C)C.CC(C)N[C@H](C)C(=O)C(C)(C)C.C[C@@H](C(=O)C(C)(C)C)N(C)C(C)(C)C.C[C@H](C(=O)C(C)(C)C)N(C)C(C)(C)C. The van der Waals surface area contributed by atoms with Crippen LogP contribution < -0.4 is 10.6 Å². The van der Waals surface area contributed by atoms with Crippen molar-refractivity contribution in [2.24, 2.45) is 33.0 Å². The van der Waals surface area contributed by atoms with Gasteiger partial charge >= 0.3 is 0 Å². The van der Waals surface area contributed by atoms with Crippen LogP contribution in [-0.4, -0.2) is 151 Å². The maximum Gasteiger partial charge on any atom is 0.158 e. The molecule has 2 aliphatic rings. The van der Waals surface area contributed by atoms with Gasteiger partial charge < -0.3 is 10.6 Å². The van der Waals surface area contributed by atoms with Crippen molar-refractivity contribution >= 4 is 34.7 Å². The summed E-state index contributed by atoms with van der Waals surface area (Å²) in [5.74, 6) is 2.06. The molecule has 12 heteroatoms. The highest BCUT2D eigenvalue weighted by molar-refractivity contribution is 5.94. The normalized spacial score (nSPS) is 19.9. The van der Waals surface area contributed by atoms with Gasteiger partial charge in [0.25, 0.3) is 0 Å². The van der Waals surface area contributed by atoms with Gasteiger partial charge in [0, 0.05) is 74.3 Å². The fourth-order valence-electron chi connectivity index (χ4n) is 11.1. The maximum atomic E-state index is 12.4. The van der Waals surface area contributed by atoms with Crippen molar-refractivity contribution in [3.63, 3.8) is 0 Å². The summed E-state index contributed by atoms with van der Waals surface area (Å²) >= 11 is 0. The fraction of sp³-hybridized carbons (Fsp3) is 0.914. The number of hydrogen-bond donors (Lipinski definition) is 2. The number of nitrogens with one attached hydrogen (secondary N) is 2. The van der Waals surface area contributed by atoms with Crippen LogP contribution in [0.5, 0.6) is 0 Å². The molecule has 82 heavy (non-hydrogen) atoms. The van der Waals surface area contributed by atoms with Crippen LogP contribution >= 0.6 is 0 Å². The molecule has 0 radical (unpaired) electrons. The van der Waals surface area contributed by atoms with Crippen molar-refractivity contribution in [3.05, 3.63) is 0 Å². The molecule has 5 atom stereocenters. The summed E-state index contributed by atoms with van der Waals surface area (Å²) in [6, 6.07) is 1.10. The van der Waals surface area contributed by atoms with Gasteiger partial charge in [0.15, 0.2) is 34.7 Å². The number of Topliss-reactive ketones (excluding diaryl/α,β-unsaturated/α-hetero) is 6. The summed E-state index contributed by atoms with van der Waals surface area (Å²) in [5, 5.41) is 6.48. The molecule has 2 N–H and O–H groups in total. The second-order valence-electron chi connectivity index (χ2n) is 34.4. The molecule has 0 spiro atoms. The van der Waals surface area contributed by atoms with E-state index in [-0.39, 0.29) is 90.4 Å². The van der Waals surface area contributed by atoms with Crippen molar-refractivity contribution in [2.45, 2.75) is 359 Å². The number of rotatable bonds is 14. The monoisotopic (exact) mass is 1160 g/mol. The first-order chi connectivity index (χ1) is 35.7. The number of nitrogens with zero attached hydrogens (tertiary/aromatic N) is 4. The first kappa shape index (κ1) is 86.2. The molecule has 0 saturated carbocycles. The highest BCUT2D eigenvalue weighted by Gasteiger charge is 2.53. The van der Waals surface area contributed by atoms with Crippen LogP contribution in [0.1, 0.15) is 289 Å². The van der Waals surface area contributed by atoms with Crippen molar-refractivity contribution in [3.8, 4) is 0 Å². The summed E-state index contributed by atoms with van der Waals surface area (Å²) in [7, 11) is 4.02. The number of carbonyl (C=O) groups is 6. The molecule has 0 aliphatic carbocycles. The predicted molar refractivity (Wildman–Crippen MR) is 355 cm³/mol. The maximum absolute atomic E-state index is 12.4. The molecule has 0 aromatic carbocycles. The molecular weight excluding hydrogens is 1020 g/mol. The van der Waals surface area contributed by atoms with Crippen LogP contribution in [0.3, 0.4) is 0 Å². The zero-order chi connectivity index (χ0) is 67.3. The Bertz CT molecular complexity index is 1930. The molecule has 2 fully saturated rings. The zero-order valence-corrected chi connectivity index (χ0v) is 62.3. The highest BCUT2D eigenvalue weighted by Crippen LogP contribution is 2.42. The van der Waals surface area contributed by atoms with Crippen LogP contribution in [0.4, 0.5) is 0 Å². The summed E-state index contributed by atoms with van der Waals surface area (Å²) in [5.41, 5.74) is -1.93. The quantitative estimate of drug-likeness (QED) is 0.171. The van der Waals surface area contributed by atoms with E-state index in [9.17, 15) is 28.8 Å². The molecule has 2 heterocycles. The van der Waals surface area contributed by atoms with Crippen molar-refractivity contribution in [2.75, 3.05) is 27.2 Å². The summed E-state index contributed by atoms with van der Waals surface area (Å²) in [6.07, 6.45) is 3.19. The Hall–Kier alpha value is -2.22. The van der Waals surface area contributed by atoms with Crippen LogP contribution in [-0.2, 0) is 28.8 Å². The molecule has 2 saturated heterocycles. The minimum Gasteiger partial charge on any atom is -0.305 e. The Morgan fingerprint density at radius 1 is 0.451 bits per heavy atom. The van der Waals surface area contributed by atoms with Gasteiger partial charge in [0.1, 0.15) is 0 Å². The first-order valence-electron chi connectivity index (χ1n) is 31.5. The second-order valence-corrected chi connectivity index (χ2v) is 34.4. The molecule has 2 rings (SSSR count). The van der Waals surface area contributed by atoms with E-state index in [0.29, 0.717) is 41.3 Å². The van der Waals surface area contributed by atoms with E-state index in [4.69, 9.17) is 0 Å². The second kappa shape index (κ2) is 32.1. The van der Waals surface area contributed by atoms with Gasteiger partial charge in [0.2, 0.25) is 0 Å². The molecule has 0 aromatic heterocycles. The van der Waals surface area contributed by atoms with E-state index < -0.39 is 5.54 Å². The van der Waals surface area contributed by atoms with Crippen molar-refractivity contribution < 1.29 is 28.8 Å². The predicted octanol–water partition coefficient (Wildman–Crippen LogP) is 15.1. The number of carbonyl (C=O) groups excluding carboxylic acids is 6. The Labute approximate surface area is 510 Å². The van der Waals surface area contributed by atoms with E-state index >= 15 is 0 Å². The van der Waals surface area contributed by atoms with E-state index in [0.717, 1.165) is 32.4 Å². The van der Waals surface area contributed by atoms with Gasteiger partial charge in [-0.2, -0.15) is 0 Å². The molecule has 2 aliphatic heterocycles. The van der Waals surface area contributed by atoms with Gasteiger partial charge in [-0.1, -0.05) is 132 Å². The average molecular weight is 1160 g/mol. The lowest BCUT2D eigenvalue weighted by molar-refractivity contribution is -0.155. The van der Waals surface area contributed by atoms with Crippen LogP contribution in [0.25, 0.3) is 0 Å². The minimum atomic E-state index is -0.424. The zero-order valence-electron chi connectivity index (χ0n) is 62.3. The number of likely N-dealkylation sites (N-methyl/N-ethyl adjacent to an activating group) is 2. The van der Waals surface area contributed by atoms with Gasteiger partial charge in [-0.3, -0.25) is 48.4 Å². The lowest BCUT2D eigenvalue weighted by atomic mass is 9.70. The van der Waals surface area contributed by atoms with Gasteiger partial charge in [-0.05, 0) is 178 Å². The average Bonchev–Trinajstić information content (AvgIpc) is 3.65. The molecular formula is C70H142N6O6. The Balaban J connectivity index is -0.000000446. The molecule has 0 amide bonds. The number of ketones is 6. The topological polar surface area (TPSA) is 139 Å². The Morgan fingerprint density at radius 3 is 1.02 bits per heavy atom. The smallest absolute Gasteiger partial charge is 0.158 e. The van der Waals surface area contributed by atoms with Crippen LogP contribution in [0, 0.1) is 33.0 Å². The number of likely N-dealkylation sites (tertiary alicyclic amines) is 2. The third-order valence-corrected chi connectivity index (χ3v) is 15.9. The summed E-state index contributed by atoms with van der Waals surface area (Å²) < 4.78 is 0. The van der Waals surface area contributed by atoms with E-state index in [1.54, 1.807) is 0 Å². The lowest BCUT2D eigenvalue weighted by Crippen LogP contribution is -2.70. The summed E-state index contributed by atoms with van der Waals surface area (Å²) in [4.78, 5) is 81.1. The van der Waals surface area contributed by atoms with Crippen LogP contribution in [0.2, 0.25) is 0 Å². The van der Waals surface area contributed by atoms with Crippen molar-refractivity contribution in [1.82, 2.24) is 30.2 Å². The molecule has 0 aromatic rings. The largest absolute Gasteiger partial charge is 0.305 e. The fourth-order valence-corrected chi connectivity index (χ4v) is 11.1. The van der Waals surface area contributed by atoms with Crippen LogP contribution in [0.15, 0.2) is 0 Å². The van der Waals surface area contributed by atoms with Gasteiger partial charge in [-0.15, -0.1) is 0 Å². The van der Waals surface area contributed by atoms with Gasteiger partial charge in [0.05, 0.1) is 34.7 Å². The third kappa shape index (κ3) is 29.0. The minimum absolute atomic E-state index is 0.0185. The van der Waals surface area contributed by atoms with E-state index in [1.165, 1.54) is 0 Å². The Kier molecular flexibility index (Phi) is 33.8. The first-order valence-corrected chi connectivity index (χ1v) is 31.5. The standard InChI is InChI=1S/C13H25NO.C12H23NO.2C12H25NO.C11H23NO.C10H21NO/c1-11(2,3)10(15)13(7)8-9-14(13)12(4,5)6;1-9(2)11(14)12(5)7-6-8-13(12)10(3)4;2*1-9(10(14)11(2,3)4)13(8)12(5,6)7;1-8(2)12-11(6,7)9(13)10(3,4)5;1-7(2)11-8(3)9(12)10(4,5)6/h8-9H2,1-7H3;9-10H,6-8H2,1-5H3;2*9H,1-8H3;8,12H,1-7H3;7-8,11H,1-6H3/t13-;12-;2*9-;;8-/m1110.1/s1. The van der Waals surface area contributed by atoms with Gasteiger partial charge in [-0.25, -0.2) is 0 Å². The molecule has 0 unspecified atom stereocenters. The highest BCUT2D eigenvalue weighted by atomic mass is 16.2. The van der Waals surface area contributed by atoms with Crippen molar-refractivity contribution in [1.29, 1.82) is 0 Å². The molecule has 12 nitrogen and oxygen atoms in total. The molecule has 488 valence electrons. The summed E-state index contributed by atoms with van der Waals surface area (Å²) in [6.45, 7) is 81.6. The Morgan fingerprint density at radius 2 is 0.805 bits per heavy atom. The molecule has 0 bridgehead atoms. The third-order valence-electron chi connectivity index (χ3n) is 15.9. The number of hydrogen-bond acceptors (Lipinski definition) is 12. The van der Waals surface area contributed by atoms with E-state index in [1.807, 2.05) is 180 Å². The lowest BCUT2D eigenvalue weighted by Gasteiger charge is -2.57. The van der Waals surface area contributed by atoms with E-state index in [2.05, 4.69) is 134 Å².